The molecule has 0 saturated heterocycles. The van der Waals surface area contributed by atoms with Gasteiger partial charge in [-0.25, -0.2) is 0 Å². The van der Waals surface area contributed by atoms with Gasteiger partial charge in [0.05, 0.1) is 12.7 Å². The first-order chi connectivity index (χ1) is 12.1. The van der Waals surface area contributed by atoms with Crippen LogP contribution in [0.1, 0.15) is 28.8 Å². The summed E-state index contributed by atoms with van der Waals surface area (Å²) in [4.78, 5) is 23.2. The third-order valence-corrected chi connectivity index (χ3v) is 3.76. The molecule has 0 heterocycles. The lowest BCUT2D eigenvalue weighted by atomic mass is 9.80. The van der Waals surface area contributed by atoms with Crippen LogP contribution in [0.25, 0.3) is 0 Å². The number of alkyl halides is 9. The van der Waals surface area contributed by atoms with E-state index in [1.54, 1.807) is 0 Å². The Labute approximate surface area is 146 Å². The molecule has 152 valence electrons. The van der Waals surface area contributed by atoms with Gasteiger partial charge in [0.2, 0.25) is 0 Å². The van der Waals surface area contributed by atoms with E-state index in [1.165, 1.54) is 0 Å². The highest BCUT2D eigenvalue weighted by Gasteiger charge is 2.76. The second-order valence-corrected chi connectivity index (χ2v) is 5.39. The second-order valence-electron chi connectivity index (χ2n) is 5.39. The van der Waals surface area contributed by atoms with Crippen LogP contribution in [0.15, 0.2) is 24.3 Å². The number of hydrogen-bond acceptors (Lipinski definition) is 3. The first kappa shape index (κ1) is 22.8. The van der Waals surface area contributed by atoms with Crippen molar-refractivity contribution in [3.05, 3.63) is 35.4 Å². The molecule has 0 fully saturated rings. The summed E-state index contributed by atoms with van der Waals surface area (Å²) < 4.78 is 119. The molecule has 0 spiro atoms. The maximum atomic E-state index is 13.1. The van der Waals surface area contributed by atoms with E-state index in [1.807, 2.05) is 0 Å². The minimum atomic E-state index is -6.11. The van der Waals surface area contributed by atoms with Gasteiger partial charge in [-0.15, -0.1) is 0 Å². The maximum absolute atomic E-state index is 13.1. The van der Waals surface area contributed by atoms with Crippen molar-refractivity contribution >= 4 is 11.8 Å². The van der Waals surface area contributed by atoms with Gasteiger partial charge in [-0.3, -0.25) is 9.59 Å². The summed E-state index contributed by atoms with van der Waals surface area (Å²) in [6.45, 7) is 0. The van der Waals surface area contributed by atoms with Gasteiger partial charge in [0.15, 0.2) is 5.78 Å². The molecule has 0 unspecified atom stereocenters. The fraction of sp³-hybridized carbons (Fsp3) is 0.467. The molecule has 27 heavy (non-hydrogen) atoms. The van der Waals surface area contributed by atoms with Crippen molar-refractivity contribution in [2.75, 3.05) is 7.11 Å². The summed E-state index contributed by atoms with van der Waals surface area (Å²) in [5.74, 6) is -3.94. The van der Waals surface area contributed by atoms with E-state index in [0.29, 0.717) is 31.4 Å². The summed E-state index contributed by atoms with van der Waals surface area (Å²) in [7, 11) is 0.326. The van der Waals surface area contributed by atoms with Crippen molar-refractivity contribution in [2.45, 2.75) is 31.4 Å². The summed E-state index contributed by atoms with van der Waals surface area (Å²) in [6, 6.07) is 2.14. The Morgan fingerprint density at radius 2 is 1.30 bits per heavy atom. The van der Waals surface area contributed by atoms with Crippen LogP contribution in [0.4, 0.5) is 39.5 Å². The highest BCUT2D eigenvalue weighted by atomic mass is 19.4. The van der Waals surface area contributed by atoms with Crippen molar-refractivity contribution in [2.24, 2.45) is 5.41 Å². The first-order valence-electron chi connectivity index (χ1n) is 7.00. The standard InChI is InChI=1S/C15H11F9O3/c1-27-11(26)12(14(19,20)21,15(22,23)24)7-6-10(25)8-2-4-9(5-3-8)13(16,17)18/h2-5H,6-7H2,1H3. The van der Waals surface area contributed by atoms with E-state index in [2.05, 4.69) is 4.74 Å². The molecular weight excluding hydrogens is 399 g/mol. The summed E-state index contributed by atoms with van der Waals surface area (Å²) in [5, 5.41) is 0. The van der Waals surface area contributed by atoms with Crippen LogP contribution in [0.2, 0.25) is 0 Å². The molecule has 0 saturated carbocycles. The normalized spacial score (nSPS) is 13.4. The van der Waals surface area contributed by atoms with Crippen LogP contribution < -0.4 is 0 Å². The highest BCUT2D eigenvalue weighted by molar-refractivity contribution is 5.96. The van der Waals surface area contributed by atoms with Crippen LogP contribution in [-0.2, 0) is 15.7 Å². The van der Waals surface area contributed by atoms with Gasteiger partial charge in [-0.1, -0.05) is 12.1 Å². The van der Waals surface area contributed by atoms with Crippen LogP contribution >= 0.6 is 0 Å². The van der Waals surface area contributed by atoms with Crippen molar-refractivity contribution < 1.29 is 53.8 Å². The van der Waals surface area contributed by atoms with E-state index < -0.39 is 59.7 Å². The summed E-state index contributed by atoms with van der Waals surface area (Å²) in [6.07, 6.45) is -20.4. The fourth-order valence-electron chi connectivity index (χ4n) is 2.24. The minimum absolute atomic E-state index is 0.326. The summed E-state index contributed by atoms with van der Waals surface area (Å²) >= 11 is 0. The molecule has 1 rings (SSSR count). The third kappa shape index (κ3) is 4.53. The predicted molar refractivity (Wildman–Crippen MR) is 71.6 cm³/mol. The second kappa shape index (κ2) is 7.39. The Bertz CT molecular complexity index is 670. The van der Waals surface area contributed by atoms with E-state index in [0.717, 1.165) is 0 Å². The average Bonchev–Trinajstić information content (AvgIpc) is 2.51. The van der Waals surface area contributed by atoms with Gasteiger partial charge in [-0.05, 0) is 18.6 Å². The molecule has 0 aliphatic rings. The van der Waals surface area contributed by atoms with Crippen LogP contribution in [0, 0.1) is 5.41 Å². The zero-order valence-corrected chi connectivity index (χ0v) is 13.4. The molecule has 0 aliphatic heterocycles. The van der Waals surface area contributed by atoms with Crippen molar-refractivity contribution in [3.8, 4) is 0 Å². The van der Waals surface area contributed by atoms with Gasteiger partial charge in [-0.2, -0.15) is 39.5 Å². The van der Waals surface area contributed by atoms with Gasteiger partial charge in [0.1, 0.15) is 0 Å². The van der Waals surface area contributed by atoms with Crippen LogP contribution in [0.5, 0.6) is 0 Å². The Morgan fingerprint density at radius 3 is 1.63 bits per heavy atom. The largest absolute Gasteiger partial charge is 0.468 e. The number of benzene rings is 1. The molecule has 0 aromatic heterocycles. The predicted octanol–water partition coefficient (Wildman–Crippen LogP) is 4.95. The molecule has 0 aliphatic carbocycles. The van der Waals surface area contributed by atoms with Gasteiger partial charge >= 0.3 is 24.5 Å². The first-order valence-corrected chi connectivity index (χ1v) is 7.00. The van der Waals surface area contributed by atoms with Crippen molar-refractivity contribution in [3.63, 3.8) is 0 Å². The smallest absolute Gasteiger partial charge is 0.416 e. The minimum Gasteiger partial charge on any atom is -0.468 e. The van der Waals surface area contributed by atoms with E-state index in [9.17, 15) is 49.1 Å². The Morgan fingerprint density at radius 1 is 0.852 bits per heavy atom. The Balaban J connectivity index is 3.15. The number of esters is 1. The average molecular weight is 410 g/mol. The fourth-order valence-corrected chi connectivity index (χ4v) is 2.24. The number of carbonyl (C=O) groups excluding carboxylic acids is 2. The van der Waals surface area contributed by atoms with Gasteiger partial charge in [0.25, 0.3) is 5.41 Å². The molecule has 0 bridgehead atoms. The van der Waals surface area contributed by atoms with E-state index >= 15 is 0 Å². The number of rotatable bonds is 5. The lowest BCUT2D eigenvalue weighted by Gasteiger charge is -2.34. The Kier molecular flexibility index (Phi) is 6.23. The lowest BCUT2D eigenvalue weighted by Crippen LogP contribution is -2.56. The maximum Gasteiger partial charge on any atom is 0.416 e. The summed E-state index contributed by atoms with van der Waals surface area (Å²) in [5.41, 5.74) is -6.63. The Hall–Kier alpha value is -2.27. The number of methoxy groups -OCH3 is 1. The lowest BCUT2D eigenvalue weighted by molar-refractivity contribution is -0.333. The molecule has 0 radical (unpaired) electrons. The zero-order chi connectivity index (χ0) is 21.3. The number of hydrogen-bond donors (Lipinski definition) is 0. The monoisotopic (exact) mass is 410 g/mol. The molecule has 1 aromatic carbocycles. The van der Waals surface area contributed by atoms with Crippen LogP contribution in [-0.4, -0.2) is 31.2 Å². The SMILES string of the molecule is COC(=O)C(CCC(=O)c1ccc(C(F)(F)F)cc1)(C(F)(F)F)C(F)(F)F. The van der Waals surface area contributed by atoms with Gasteiger partial charge < -0.3 is 4.74 Å². The quantitative estimate of drug-likeness (QED) is 0.392. The molecule has 0 N–H and O–H groups in total. The number of ether oxygens (including phenoxy) is 1. The molecule has 0 atom stereocenters. The molecule has 3 nitrogen and oxygen atoms in total. The molecule has 12 heteroatoms. The van der Waals surface area contributed by atoms with Gasteiger partial charge in [0, 0.05) is 12.0 Å². The number of carbonyl (C=O) groups is 2. The third-order valence-electron chi connectivity index (χ3n) is 3.76. The molecular formula is C15H11F9O3. The number of ketones is 1. The van der Waals surface area contributed by atoms with E-state index in [-0.39, 0.29) is 0 Å². The highest BCUT2D eigenvalue weighted by Crippen LogP contribution is 2.54. The van der Waals surface area contributed by atoms with Crippen molar-refractivity contribution in [1.82, 2.24) is 0 Å². The topological polar surface area (TPSA) is 43.4 Å². The zero-order valence-electron chi connectivity index (χ0n) is 13.4. The van der Waals surface area contributed by atoms with Crippen molar-refractivity contribution in [1.29, 1.82) is 0 Å². The van der Waals surface area contributed by atoms with Crippen LogP contribution in [0.3, 0.4) is 0 Å². The molecule has 0 amide bonds. The number of Topliss-reactive ketones (excluding diaryl/α,β-unsaturated/α-hetero) is 1. The van der Waals surface area contributed by atoms with E-state index in [4.69, 9.17) is 0 Å². The number of halogens is 9. The molecule has 1 aromatic rings.